The van der Waals surface area contributed by atoms with Crippen molar-refractivity contribution in [2.45, 2.75) is 18.8 Å². The van der Waals surface area contributed by atoms with Crippen LogP contribution in [-0.4, -0.2) is 47.5 Å². The van der Waals surface area contributed by atoms with Crippen molar-refractivity contribution in [2.24, 2.45) is 0 Å². The third-order valence-corrected chi connectivity index (χ3v) is 7.00. The van der Waals surface area contributed by atoms with Crippen LogP contribution < -0.4 is 5.73 Å². The summed E-state index contributed by atoms with van der Waals surface area (Å²) in [6, 6.07) is 0. The second kappa shape index (κ2) is 5.77. The Morgan fingerprint density at radius 1 is 1.61 bits per heavy atom. The number of nitrogens with two attached hydrogens (primary N) is 1. The van der Waals surface area contributed by atoms with Crippen LogP contribution >= 0.6 is 23.1 Å². The number of nitrogens with zero attached hydrogens (tertiary/aromatic N) is 2. The first-order chi connectivity index (χ1) is 8.53. The number of sulfone groups is 1. The van der Waals surface area contributed by atoms with Gasteiger partial charge in [0.25, 0.3) is 0 Å². The highest BCUT2D eigenvalue weighted by Crippen LogP contribution is 2.24. The van der Waals surface area contributed by atoms with E-state index in [1.165, 1.54) is 11.3 Å². The fourth-order valence-corrected chi connectivity index (χ4v) is 5.56. The Balaban J connectivity index is 2.13. The lowest BCUT2D eigenvalue weighted by molar-refractivity contribution is 0.259. The van der Waals surface area contributed by atoms with E-state index in [4.69, 9.17) is 5.73 Å². The second-order valence-corrected chi connectivity index (χ2v) is 8.62. The minimum atomic E-state index is -3.03. The van der Waals surface area contributed by atoms with Gasteiger partial charge in [0.15, 0.2) is 15.0 Å². The summed E-state index contributed by atoms with van der Waals surface area (Å²) < 4.78 is 24.1. The number of hydrogen-bond donors (Lipinski definition) is 1. The molecule has 2 N–H and O–H groups in total. The van der Waals surface area contributed by atoms with Crippen LogP contribution in [0.15, 0.2) is 5.38 Å². The number of anilines is 1. The summed E-state index contributed by atoms with van der Waals surface area (Å²) in [5, 5.41) is 2.04. The van der Waals surface area contributed by atoms with Gasteiger partial charge in [0.1, 0.15) is 5.37 Å². The molecule has 0 spiro atoms. The van der Waals surface area contributed by atoms with Gasteiger partial charge < -0.3 is 5.73 Å². The standard InChI is InChI=1S/C10H17N3O2S3/c1-2-18(14,15)9-7-16-4-3-13(9)5-8-6-17-10(11)12-8/h6,9H,2-5,7H2,1H3,(H2,11,12). The molecule has 1 unspecified atom stereocenters. The summed E-state index contributed by atoms with van der Waals surface area (Å²) in [6.07, 6.45) is 0. The minimum absolute atomic E-state index is 0.188. The van der Waals surface area contributed by atoms with Gasteiger partial charge in [-0.15, -0.1) is 11.3 Å². The first kappa shape index (κ1) is 14.1. The molecule has 1 aromatic rings. The van der Waals surface area contributed by atoms with E-state index in [9.17, 15) is 8.42 Å². The van der Waals surface area contributed by atoms with E-state index in [1.54, 1.807) is 18.7 Å². The van der Waals surface area contributed by atoms with Crippen molar-refractivity contribution in [3.63, 3.8) is 0 Å². The minimum Gasteiger partial charge on any atom is -0.375 e. The highest BCUT2D eigenvalue weighted by Gasteiger charge is 2.32. The quantitative estimate of drug-likeness (QED) is 0.895. The molecule has 8 heteroatoms. The van der Waals surface area contributed by atoms with E-state index in [0.717, 1.165) is 18.0 Å². The van der Waals surface area contributed by atoms with Gasteiger partial charge in [0.2, 0.25) is 0 Å². The molecule has 1 saturated heterocycles. The third-order valence-electron chi connectivity index (χ3n) is 2.94. The number of aromatic nitrogens is 1. The van der Waals surface area contributed by atoms with Crippen LogP contribution in [-0.2, 0) is 16.4 Å². The number of nitrogen functional groups attached to an aromatic ring is 1. The maximum absolute atomic E-state index is 12.1. The Hall–Kier alpha value is -0.310. The molecule has 0 aliphatic carbocycles. The molecule has 1 aliphatic heterocycles. The average molecular weight is 307 g/mol. The number of rotatable bonds is 4. The average Bonchev–Trinajstić information content (AvgIpc) is 2.75. The number of thioether (sulfide) groups is 1. The fraction of sp³-hybridized carbons (Fsp3) is 0.700. The lowest BCUT2D eigenvalue weighted by Gasteiger charge is -2.34. The van der Waals surface area contributed by atoms with Gasteiger partial charge in [-0.05, 0) is 0 Å². The molecule has 0 aromatic carbocycles. The van der Waals surface area contributed by atoms with Crippen molar-refractivity contribution in [1.29, 1.82) is 0 Å². The van der Waals surface area contributed by atoms with Crippen LogP contribution in [0.4, 0.5) is 5.13 Å². The van der Waals surface area contributed by atoms with E-state index in [1.807, 2.05) is 10.3 Å². The molecule has 0 bridgehead atoms. The zero-order valence-electron chi connectivity index (χ0n) is 10.2. The van der Waals surface area contributed by atoms with Crippen LogP contribution in [0, 0.1) is 0 Å². The molecule has 1 aromatic heterocycles. The van der Waals surface area contributed by atoms with Gasteiger partial charge in [0.05, 0.1) is 5.69 Å². The highest BCUT2D eigenvalue weighted by molar-refractivity contribution is 8.01. The van der Waals surface area contributed by atoms with E-state index in [-0.39, 0.29) is 11.1 Å². The molecule has 0 saturated carbocycles. The SMILES string of the molecule is CCS(=O)(=O)C1CSCCN1Cc1csc(N)n1. The van der Waals surface area contributed by atoms with Gasteiger partial charge in [-0.1, -0.05) is 6.92 Å². The van der Waals surface area contributed by atoms with Crippen LogP contribution in [0.1, 0.15) is 12.6 Å². The van der Waals surface area contributed by atoms with Gasteiger partial charge in [-0.2, -0.15) is 11.8 Å². The van der Waals surface area contributed by atoms with Crippen molar-refractivity contribution in [2.75, 3.05) is 29.5 Å². The normalized spacial score (nSPS) is 22.2. The largest absolute Gasteiger partial charge is 0.375 e. The molecule has 2 heterocycles. The van der Waals surface area contributed by atoms with Crippen molar-refractivity contribution in [3.05, 3.63) is 11.1 Å². The topological polar surface area (TPSA) is 76.3 Å². The number of hydrogen-bond acceptors (Lipinski definition) is 7. The van der Waals surface area contributed by atoms with Gasteiger partial charge in [0, 0.05) is 35.7 Å². The monoisotopic (exact) mass is 307 g/mol. The van der Waals surface area contributed by atoms with Gasteiger partial charge in [-0.3, -0.25) is 4.90 Å². The molecule has 0 amide bonds. The van der Waals surface area contributed by atoms with Crippen molar-refractivity contribution in [1.82, 2.24) is 9.88 Å². The summed E-state index contributed by atoms with van der Waals surface area (Å²) in [5.41, 5.74) is 6.46. The van der Waals surface area contributed by atoms with Gasteiger partial charge >= 0.3 is 0 Å². The predicted octanol–water partition coefficient (Wildman–Crippen LogP) is 1.03. The van der Waals surface area contributed by atoms with Crippen LogP contribution in [0.5, 0.6) is 0 Å². The van der Waals surface area contributed by atoms with E-state index in [0.29, 0.717) is 17.4 Å². The zero-order valence-corrected chi connectivity index (χ0v) is 12.7. The third kappa shape index (κ3) is 3.17. The Morgan fingerprint density at radius 2 is 2.39 bits per heavy atom. The molecule has 0 radical (unpaired) electrons. The van der Waals surface area contributed by atoms with Crippen molar-refractivity contribution >= 4 is 38.1 Å². The van der Waals surface area contributed by atoms with Crippen LogP contribution in [0.25, 0.3) is 0 Å². The zero-order chi connectivity index (χ0) is 13.2. The van der Waals surface area contributed by atoms with Crippen LogP contribution in [0.2, 0.25) is 0 Å². The summed E-state index contributed by atoms with van der Waals surface area (Å²) in [6.45, 7) is 3.05. The summed E-state index contributed by atoms with van der Waals surface area (Å²) in [7, 11) is -3.03. The van der Waals surface area contributed by atoms with Gasteiger partial charge in [-0.25, -0.2) is 13.4 Å². The van der Waals surface area contributed by atoms with E-state index in [2.05, 4.69) is 4.98 Å². The first-order valence-electron chi connectivity index (χ1n) is 5.76. The maximum atomic E-state index is 12.1. The summed E-state index contributed by atoms with van der Waals surface area (Å²) in [5.74, 6) is 1.80. The molecule has 1 aliphatic rings. The molecule has 5 nitrogen and oxygen atoms in total. The smallest absolute Gasteiger partial charge is 0.180 e. The Kier molecular flexibility index (Phi) is 4.52. The molecule has 102 valence electrons. The lowest BCUT2D eigenvalue weighted by Crippen LogP contribution is -2.47. The Morgan fingerprint density at radius 3 is 3.00 bits per heavy atom. The molecular weight excluding hydrogens is 290 g/mol. The highest BCUT2D eigenvalue weighted by atomic mass is 32.2. The number of thiazole rings is 1. The Bertz CT molecular complexity index is 500. The molecule has 1 atom stereocenters. The predicted molar refractivity (Wildman–Crippen MR) is 77.5 cm³/mol. The van der Waals surface area contributed by atoms with E-state index < -0.39 is 9.84 Å². The molecule has 18 heavy (non-hydrogen) atoms. The molecule has 1 fully saturated rings. The maximum Gasteiger partial charge on any atom is 0.180 e. The first-order valence-corrected chi connectivity index (χ1v) is 9.51. The lowest BCUT2D eigenvalue weighted by atomic mass is 10.4. The summed E-state index contributed by atoms with van der Waals surface area (Å²) >= 11 is 3.09. The Labute approximate surface area is 116 Å². The molecule has 2 rings (SSSR count). The van der Waals surface area contributed by atoms with Crippen molar-refractivity contribution in [3.8, 4) is 0 Å². The van der Waals surface area contributed by atoms with Crippen molar-refractivity contribution < 1.29 is 8.42 Å². The second-order valence-electron chi connectivity index (χ2n) is 4.13. The van der Waals surface area contributed by atoms with E-state index >= 15 is 0 Å². The summed E-state index contributed by atoms with van der Waals surface area (Å²) in [4.78, 5) is 6.20. The van der Waals surface area contributed by atoms with Crippen LogP contribution in [0.3, 0.4) is 0 Å². The molecular formula is C10H17N3O2S3. The fourth-order valence-electron chi connectivity index (χ4n) is 1.92.